The molecule has 0 saturated carbocycles. The Morgan fingerprint density at radius 3 is 2.79 bits per heavy atom. The summed E-state index contributed by atoms with van der Waals surface area (Å²) in [5.41, 5.74) is 7.00. The van der Waals surface area contributed by atoms with Crippen LogP contribution in [0.2, 0.25) is 0 Å². The van der Waals surface area contributed by atoms with Gasteiger partial charge in [-0.3, -0.25) is 10.1 Å². The average molecular weight is 279 g/mol. The molecular weight excluding hydrogens is 266 g/mol. The van der Waals surface area contributed by atoms with Crippen LogP contribution in [0.1, 0.15) is 18.0 Å². The van der Waals surface area contributed by atoms with Gasteiger partial charge in [0, 0.05) is 23.1 Å². The number of nitro groups is 1. The van der Waals surface area contributed by atoms with Crippen LogP contribution in [0.4, 0.5) is 5.69 Å². The van der Waals surface area contributed by atoms with E-state index < -0.39 is 4.92 Å². The van der Waals surface area contributed by atoms with Crippen LogP contribution in [0.5, 0.6) is 5.75 Å². The van der Waals surface area contributed by atoms with E-state index in [1.165, 1.54) is 30.6 Å². The maximum absolute atomic E-state index is 10.8. The standard InChI is InChI=1S/C12H13N3O3S/c1-7(13)12-14-10(6-19-12)9-5-8(15(16)17)3-4-11(9)18-2/h3-7H,13H2,1-2H3. The molecule has 2 N–H and O–H groups in total. The first kappa shape index (κ1) is 13.4. The summed E-state index contributed by atoms with van der Waals surface area (Å²) in [5, 5.41) is 13.4. The van der Waals surface area contributed by atoms with Gasteiger partial charge >= 0.3 is 0 Å². The lowest BCUT2D eigenvalue weighted by molar-refractivity contribution is -0.384. The fourth-order valence-corrected chi connectivity index (χ4v) is 2.41. The van der Waals surface area contributed by atoms with Crippen LogP contribution in [0, 0.1) is 10.1 Å². The van der Waals surface area contributed by atoms with Gasteiger partial charge in [-0.15, -0.1) is 11.3 Å². The first-order chi connectivity index (χ1) is 9.02. The molecule has 0 saturated heterocycles. The van der Waals surface area contributed by atoms with Gasteiger partial charge in [0.15, 0.2) is 0 Å². The number of rotatable bonds is 4. The Labute approximate surface area is 114 Å². The van der Waals surface area contributed by atoms with Crippen molar-refractivity contribution in [3.05, 3.63) is 38.7 Å². The van der Waals surface area contributed by atoms with Gasteiger partial charge in [0.05, 0.1) is 23.8 Å². The summed E-state index contributed by atoms with van der Waals surface area (Å²) in [4.78, 5) is 14.8. The van der Waals surface area contributed by atoms with Gasteiger partial charge in [-0.05, 0) is 13.0 Å². The molecule has 6 nitrogen and oxygen atoms in total. The number of aromatic nitrogens is 1. The van der Waals surface area contributed by atoms with Gasteiger partial charge in [-0.1, -0.05) is 0 Å². The second-order valence-electron chi connectivity index (χ2n) is 4.00. The van der Waals surface area contributed by atoms with Crippen LogP contribution in [0.15, 0.2) is 23.6 Å². The highest BCUT2D eigenvalue weighted by atomic mass is 32.1. The Morgan fingerprint density at radius 1 is 1.53 bits per heavy atom. The van der Waals surface area contributed by atoms with Crippen molar-refractivity contribution in [3.63, 3.8) is 0 Å². The molecule has 2 aromatic rings. The molecule has 19 heavy (non-hydrogen) atoms. The van der Waals surface area contributed by atoms with E-state index in [0.29, 0.717) is 17.0 Å². The van der Waals surface area contributed by atoms with Crippen molar-refractivity contribution >= 4 is 17.0 Å². The number of ether oxygens (including phenoxy) is 1. The van der Waals surface area contributed by atoms with Crippen LogP contribution < -0.4 is 10.5 Å². The Bertz CT molecular complexity index is 610. The third kappa shape index (κ3) is 2.72. The monoisotopic (exact) mass is 279 g/mol. The lowest BCUT2D eigenvalue weighted by Gasteiger charge is -2.06. The maximum Gasteiger partial charge on any atom is 0.270 e. The number of hydrogen-bond donors (Lipinski definition) is 1. The molecule has 1 atom stereocenters. The highest BCUT2D eigenvalue weighted by Gasteiger charge is 2.16. The summed E-state index contributed by atoms with van der Waals surface area (Å²) in [6.45, 7) is 1.84. The van der Waals surface area contributed by atoms with Gasteiger partial charge < -0.3 is 10.5 Å². The molecule has 100 valence electrons. The molecule has 0 spiro atoms. The molecule has 2 rings (SSSR count). The molecule has 1 heterocycles. The van der Waals surface area contributed by atoms with Crippen molar-refractivity contribution in [1.29, 1.82) is 0 Å². The van der Waals surface area contributed by atoms with Crippen molar-refractivity contribution in [2.45, 2.75) is 13.0 Å². The van der Waals surface area contributed by atoms with Gasteiger partial charge in [0.2, 0.25) is 0 Å². The van der Waals surface area contributed by atoms with Crippen LogP contribution in [-0.4, -0.2) is 17.0 Å². The zero-order valence-corrected chi connectivity index (χ0v) is 11.3. The van der Waals surface area contributed by atoms with Crippen LogP contribution in [0.25, 0.3) is 11.3 Å². The first-order valence-electron chi connectivity index (χ1n) is 5.56. The zero-order chi connectivity index (χ0) is 14.0. The van der Waals surface area contributed by atoms with Crippen molar-refractivity contribution in [3.8, 4) is 17.0 Å². The predicted molar refractivity (Wildman–Crippen MR) is 73.4 cm³/mol. The quantitative estimate of drug-likeness (QED) is 0.686. The first-order valence-corrected chi connectivity index (χ1v) is 6.44. The molecule has 7 heteroatoms. The lowest BCUT2D eigenvalue weighted by atomic mass is 10.1. The maximum atomic E-state index is 10.8. The van der Waals surface area contributed by atoms with E-state index in [1.54, 1.807) is 6.07 Å². The molecule has 1 unspecified atom stereocenters. The van der Waals surface area contributed by atoms with E-state index in [0.717, 1.165) is 5.01 Å². The van der Waals surface area contributed by atoms with E-state index in [1.807, 2.05) is 12.3 Å². The highest BCUT2D eigenvalue weighted by Crippen LogP contribution is 2.34. The minimum absolute atomic E-state index is 0.00569. The molecule has 1 aromatic carbocycles. The largest absolute Gasteiger partial charge is 0.496 e. The molecule has 0 aliphatic carbocycles. The number of nitrogens with zero attached hydrogens (tertiary/aromatic N) is 2. The number of nitro benzene ring substituents is 1. The number of hydrogen-bond acceptors (Lipinski definition) is 6. The summed E-state index contributed by atoms with van der Waals surface area (Å²) in [5.74, 6) is 0.548. The Morgan fingerprint density at radius 2 is 2.26 bits per heavy atom. The molecule has 0 bridgehead atoms. The molecule has 0 fully saturated rings. The van der Waals surface area contributed by atoms with Crippen molar-refractivity contribution in [1.82, 2.24) is 4.98 Å². The molecular formula is C12H13N3O3S. The van der Waals surface area contributed by atoms with E-state index in [9.17, 15) is 10.1 Å². The van der Waals surface area contributed by atoms with Gasteiger partial charge in [0.25, 0.3) is 5.69 Å². The highest BCUT2D eigenvalue weighted by molar-refractivity contribution is 7.10. The fraction of sp³-hybridized carbons (Fsp3) is 0.250. The molecule has 0 radical (unpaired) electrons. The van der Waals surface area contributed by atoms with Crippen LogP contribution in [-0.2, 0) is 0 Å². The number of methoxy groups -OCH3 is 1. The third-order valence-corrected chi connectivity index (χ3v) is 3.63. The van der Waals surface area contributed by atoms with Crippen molar-refractivity contribution in [2.24, 2.45) is 5.73 Å². The molecule has 0 aliphatic heterocycles. The number of benzene rings is 1. The second kappa shape index (κ2) is 5.33. The normalized spacial score (nSPS) is 12.2. The summed E-state index contributed by atoms with van der Waals surface area (Å²) < 4.78 is 5.21. The van der Waals surface area contributed by atoms with Crippen LogP contribution >= 0.6 is 11.3 Å². The topological polar surface area (TPSA) is 91.3 Å². The fourth-order valence-electron chi connectivity index (χ4n) is 1.63. The molecule has 0 amide bonds. The van der Waals surface area contributed by atoms with Crippen LogP contribution in [0.3, 0.4) is 0 Å². The summed E-state index contributed by atoms with van der Waals surface area (Å²) in [6, 6.07) is 4.27. The third-order valence-electron chi connectivity index (χ3n) is 2.58. The van der Waals surface area contributed by atoms with E-state index in [2.05, 4.69) is 4.98 Å². The molecule has 1 aromatic heterocycles. The number of nitrogens with two attached hydrogens (primary N) is 1. The van der Waals surface area contributed by atoms with E-state index in [-0.39, 0.29) is 11.7 Å². The predicted octanol–water partition coefficient (Wildman–Crippen LogP) is 2.75. The second-order valence-corrected chi connectivity index (χ2v) is 4.89. The summed E-state index contributed by atoms with van der Waals surface area (Å²) in [7, 11) is 1.52. The van der Waals surface area contributed by atoms with Crippen molar-refractivity contribution < 1.29 is 9.66 Å². The molecule has 0 aliphatic rings. The minimum Gasteiger partial charge on any atom is -0.496 e. The lowest BCUT2D eigenvalue weighted by Crippen LogP contribution is -2.04. The van der Waals surface area contributed by atoms with E-state index in [4.69, 9.17) is 10.5 Å². The summed E-state index contributed by atoms with van der Waals surface area (Å²) >= 11 is 1.42. The summed E-state index contributed by atoms with van der Waals surface area (Å²) in [6.07, 6.45) is 0. The minimum atomic E-state index is -0.443. The Hall–Kier alpha value is -1.99. The van der Waals surface area contributed by atoms with E-state index >= 15 is 0 Å². The van der Waals surface area contributed by atoms with Gasteiger partial charge in [-0.2, -0.15) is 0 Å². The number of thiazole rings is 1. The zero-order valence-electron chi connectivity index (χ0n) is 10.5. The number of non-ortho nitro benzene ring substituents is 1. The Kier molecular flexibility index (Phi) is 3.77. The average Bonchev–Trinajstić information content (AvgIpc) is 2.87. The SMILES string of the molecule is COc1ccc([N+](=O)[O-])cc1-c1csc(C(C)N)n1. The van der Waals surface area contributed by atoms with Crippen molar-refractivity contribution in [2.75, 3.05) is 7.11 Å². The smallest absolute Gasteiger partial charge is 0.270 e. The van der Waals surface area contributed by atoms with Gasteiger partial charge in [0.1, 0.15) is 10.8 Å². The Balaban J connectivity index is 2.51. The van der Waals surface area contributed by atoms with Gasteiger partial charge in [-0.25, -0.2) is 4.98 Å².